The lowest BCUT2D eigenvalue weighted by molar-refractivity contribution is -0.137. The van der Waals surface area contributed by atoms with Gasteiger partial charge in [0.05, 0.1) is 6.16 Å². The maximum absolute atomic E-state index is 10.9. The Morgan fingerprint density at radius 3 is 1.20 bits per heavy atom. The molecular formula is C32H42O2P+. The van der Waals surface area contributed by atoms with E-state index < -0.39 is 13.2 Å². The van der Waals surface area contributed by atoms with Crippen molar-refractivity contribution in [1.82, 2.24) is 0 Å². The molecule has 0 aromatic heterocycles. The van der Waals surface area contributed by atoms with Crippen molar-refractivity contribution < 1.29 is 9.90 Å². The van der Waals surface area contributed by atoms with Gasteiger partial charge in [-0.3, -0.25) is 4.79 Å². The average molecular weight is 490 g/mol. The normalized spacial score (nSPS) is 11.6. The zero-order valence-electron chi connectivity index (χ0n) is 22.4. The highest BCUT2D eigenvalue weighted by atomic mass is 31.2. The second kappa shape index (κ2) is 12.0. The first-order valence-electron chi connectivity index (χ1n) is 13.0. The predicted molar refractivity (Wildman–Crippen MR) is 154 cm³/mol. The van der Waals surface area contributed by atoms with E-state index in [4.69, 9.17) is 5.11 Å². The highest BCUT2D eigenvalue weighted by molar-refractivity contribution is 7.95. The maximum atomic E-state index is 10.9. The van der Waals surface area contributed by atoms with Crippen molar-refractivity contribution in [3.8, 4) is 0 Å². The molecule has 35 heavy (non-hydrogen) atoms. The molecule has 3 rings (SSSR count). The molecule has 0 amide bonds. The quantitative estimate of drug-likeness (QED) is 0.227. The number of unbranched alkanes of at least 4 members (excludes halogenated alkanes) is 4. The number of hydrogen-bond donors (Lipinski definition) is 1. The molecule has 0 bridgehead atoms. The summed E-state index contributed by atoms with van der Waals surface area (Å²) >= 11 is 0. The third kappa shape index (κ3) is 7.05. The Balaban J connectivity index is 2.12. The van der Waals surface area contributed by atoms with Crippen LogP contribution in [0, 0.1) is 41.5 Å². The van der Waals surface area contributed by atoms with E-state index in [1.165, 1.54) is 49.3 Å². The second-order valence-electron chi connectivity index (χ2n) is 10.5. The minimum atomic E-state index is -1.88. The van der Waals surface area contributed by atoms with Crippen LogP contribution in [0.3, 0.4) is 0 Å². The monoisotopic (exact) mass is 489 g/mol. The Hall–Kier alpha value is -2.44. The molecule has 0 atom stereocenters. The zero-order valence-corrected chi connectivity index (χ0v) is 23.3. The number of hydrogen-bond acceptors (Lipinski definition) is 1. The first-order chi connectivity index (χ1) is 16.6. The van der Waals surface area contributed by atoms with Crippen molar-refractivity contribution in [2.24, 2.45) is 0 Å². The van der Waals surface area contributed by atoms with Crippen molar-refractivity contribution in [2.45, 2.75) is 80.1 Å². The Kier molecular flexibility index (Phi) is 9.31. The van der Waals surface area contributed by atoms with Gasteiger partial charge < -0.3 is 5.11 Å². The average Bonchev–Trinajstić information content (AvgIpc) is 2.73. The number of carboxylic acids is 1. The van der Waals surface area contributed by atoms with Gasteiger partial charge in [-0.1, -0.05) is 31.0 Å². The molecule has 3 heteroatoms. The van der Waals surface area contributed by atoms with Crippen LogP contribution in [0.5, 0.6) is 0 Å². The third-order valence-electron chi connectivity index (χ3n) is 6.83. The van der Waals surface area contributed by atoms with Crippen LogP contribution in [0.2, 0.25) is 0 Å². The number of aryl methyl sites for hydroxylation is 6. The number of benzene rings is 3. The molecule has 0 unspecified atom stereocenters. The van der Waals surface area contributed by atoms with E-state index in [9.17, 15) is 4.79 Å². The topological polar surface area (TPSA) is 37.3 Å². The summed E-state index contributed by atoms with van der Waals surface area (Å²) in [4.78, 5) is 10.9. The van der Waals surface area contributed by atoms with Gasteiger partial charge in [0, 0.05) is 6.42 Å². The second-order valence-corrected chi connectivity index (χ2v) is 14.1. The van der Waals surface area contributed by atoms with E-state index in [0.29, 0.717) is 0 Å². The number of carbonyl (C=O) groups is 1. The summed E-state index contributed by atoms with van der Waals surface area (Å²) in [5.74, 6) is -0.686. The van der Waals surface area contributed by atoms with Crippen LogP contribution in [0.15, 0.2) is 54.6 Å². The summed E-state index contributed by atoms with van der Waals surface area (Å²) in [7, 11) is -1.88. The highest BCUT2D eigenvalue weighted by Crippen LogP contribution is 2.57. The van der Waals surface area contributed by atoms with Crippen LogP contribution in [-0.2, 0) is 4.79 Å². The van der Waals surface area contributed by atoms with Gasteiger partial charge in [-0.05, 0) is 131 Å². The van der Waals surface area contributed by atoms with Gasteiger partial charge in [-0.25, -0.2) is 0 Å². The number of carboxylic acid groups (broad SMARTS) is 1. The summed E-state index contributed by atoms with van der Waals surface area (Å²) < 4.78 is 0. The first-order valence-corrected chi connectivity index (χ1v) is 14.9. The third-order valence-corrected chi connectivity index (χ3v) is 11.2. The first kappa shape index (κ1) is 27.2. The van der Waals surface area contributed by atoms with Crippen molar-refractivity contribution in [3.63, 3.8) is 0 Å². The predicted octanol–water partition coefficient (Wildman–Crippen LogP) is 7.26. The molecule has 0 heterocycles. The molecule has 186 valence electrons. The van der Waals surface area contributed by atoms with Gasteiger partial charge in [0.25, 0.3) is 0 Å². The van der Waals surface area contributed by atoms with Crippen molar-refractivity contribution in [2.75, 3.05) is 6.16 Å². The highest BCUT2D eigenvalue weighted by Gasteiger charge is 2.45. The molecule has 1 N–H and O–H groups in total. The summed E-state index contributed by atoms with van der Waals surface area (Å²) in [6, 6.07) is 21.4. The fourth-order valence-corrected chi connectivity index (χ4v) is 10.4. The molecule has 3 aromatic carbocycles. The van der Waals surface area contributed by atoms with E-state index in [1.54, 1.807) is 0 Å². The largest absolute Gasteiger partial charge is 0.481 e. The minimum Gasteiger partial charge on any atom is -0.481 e. The smallest absolute Gasteiger partial charge is 0.303 e. The van der Waals surface area contributed by atoms with Crippen LogP contribution in [0.4, 0.5) is 0 Å². The van der Waals surface area contributed by atoms with E-state index in [2.05, 4.69) is 96.1 Å². The van der Waals surface area contributed by atoms with E-state index in [-0.39, 0.29) is 6.42 Å². The molecule has 0 spiro atoms. The molecular weight excluding hydrogens is 447 g/mol. The lowest BCUT2D eigenvalue weighted by Crippen LogP contribution is -2.34. The van der Waals surface area contributed by atoms with Crippen LogP contribution in [-0.4, -0.2) is 17.2 Å². The molecule has 0 saturated carbocycles. The molecule has 3 aromatic rings. The fraction of sp³-hybridized carbons (Fsp3) is 0.406. The van der Waals surface area contributed by atoms with E-state index in [0.717, 1.165) is 38.3 Å². The Labute approximate surface area is 213 Å². The van der Waals surface area contributed by atoms with Gasteiger partial charge in [0.1, 0.15) is 23.2 Å². The molecule has 0 radical (unpaired) electrons. The standard InChI is InChI=1S/C32H41O2P/c1-23-14-24(2)18-29(17-23)35(30-19-25(3)15-26(4)20-30,31-21-27(5)16-28(6)22-31)13-11-9-7-8-10-12-32(33)34/h14-22H,7-13H2,1-6H3/p+1. The minimum absolute atomic E-state index is 0.282. The summed E-state index contributed by atoms with van der Waals surface area (Å²) in [5.41, 5.74) is 7.95. The molecule has 0 aliphatic heterocycles. The molecule has 0 aliphatic rings. The van der Waals surface area contributed by atoms with Crippen molar-refractivity contribution >= 4 is 29.1 Å². The lowest BCUT2D eigenvalue weighted by Gasteiger charge is -2.29. The molecule has 0 fully saturated rings. The van der Waals surface area contributed by atoms with Gasteiger partial charge in [-0.15, -0.1) is 0 Å². The van der Waals surface area contributed by atoms with Gasteiger partial charge in [0.15, 0.2) is 0 Å². The Morgan fingerprint density at radius 1 is 0.543 bits per heavy atom. The van der Waals surface area contributed by atoms with Crippen molar-refractivity contribution in [1.29, 1.82) is 0 Å². The molecule has 0 aliphatic carbocycles. The van der Waals surface area contributed by atoms with Gasteiger partial charge in [-0.2, -0.15) is 0 Å². The summed E-state index contributed by atoms with van der Waals surface area (Å²) in [5, 5.41) is 13.4. The van der Waals surface area contributed by atoms with Crippen LogP contribution < -0.4 is 15.9 Å². The van der Waals surface area contributed by atoms with Crippen LogP contribution in [0.1, 0.15) is 71.9 Å². The fourth-order valence-electron chi connectivity index (χ4n) is 5.50. The molecule has 0 saturated heterocycles. The lowest BCUT2D eigenvalue weighted by atomic mass is 10.1. The number of rotatable bonds is 11. The van der Waals surface area contributed by atoms with Crippen molar-refractivity contribution in [3.05, 3.63) is 88.0 Å². The SMILES string of the molecule is Cc1cc(C)cc([P+](CCCCCCCC(=O)O)(c2cc(C)cc(C)c2)c2cc(C)cc(C)c2)c1. The van der Waals surface area contributed by atoms with Crippen LogP contribution in [0.25, 0.3) is 0 Å². The zero-order chi connectivity index (χ0) is 25.6. The molecule has 2 nitrogen and oxygen atoms in total. The summed E-state index contributed by atoms with van der Waals surface area (Å²) in [6.07, 6.45) is 6.58. The Morgan fingerprint density at radius 2 is 0.857 bits per heavy atom. The van der Waals surface area contributed by atoms with Gasteiger partial charge in [0.2, 0.25) is 0 Å². The number of aliphatic carboxylic acids is 1. The Bertz CT molecular complexity index is 992. The van der Waals surface area contributed by atoms with Gasteiger partial charge >= 0.3 is 5.97 Å². The van der Waals surface area contributed by atoms with E-state index >= 15 is 0 Å². The maximum Gasteiger partial charge on any atom is 0.303 e. The summed E-state index contributed by atoms with van der Waals surface area (Å²) in [6.45, 7) is 13.3. The van der Waals surface area contributed by atoms with Crippen LogP contribution >= 0.6 is 7.26 Å². The van der Waals surface area contributed by atoms with E-state index in [1.807, 2.05) is 0 Å².